The zero-order valence-corrected chi connectivity index (χ0v) is 12.7. The smallest absolute Gasteiger partial charge is 0.273 e. The Hall–Kier alpha value is -2.30. The molecule has 2 heterocycles. The average Bonchev–Trinajstić information content (AvgIpc) is 3.01. The molecule has 1 aromatic carbocycles. The van der Waals surface area contributed by atoms with Gasteiger partial charge in [-0.15, -0.1) is 0 Å². The number of fused-ring (bicyclic) bond motifs is 1. The van der Waals surface area contributed by atoms with Gasteiger partial charge in [-0.3, -0.25) is 4.79 Å². The maximum atomic E-state index is 12.1. The van der Waals surface area contributed by atoms with Gasteiger partial charge in [-0.25, -0.2) is 0 Å². The first-order valence-electron chi connectivity index (χ1n) is 7.74. The molecule has 0 saturated carbocycles. The molecule has 1 aliphatic heterocycles. The second-order valence-electron chi connectivity index (χ2n) is 5.52. The first kappa shape index (κ1) is 14.6. The Balaban J connectivity index is 1.53. The quantitative estimate of drug-likeness (QED) is 0.922. The predicted octanol–water partition coefficient (Wildman–Crippen LogP) is 2.75. The van der Waals surface area contributed by atoms with Crippen LogP contribution in [0.25, 0.3) is 0 Å². The Morgan fingerprint density at radius 2 is 2.27 bits per heavy atom. The van der Waals surface area contributed by atoms with Gasteiger partial charge in [0.25, 0.3) is 5.91 Å². The van der Waals surface area contributed by atoms with Crippen LogP contribution in [0.3, 0.4) is 0 Å². The average molecular weight is 300 g/mol. The number of ether oxygens (including phenoxy) is 1. The van der Waals surface area contributed by atoms with Gasteiger partial charge in [0, 0.05) is 12.5 Å². The third kappa shape index (κ3) is 3.30. The van der Waals surface area contributed by atoms with E-state index in [4.69, 9.17) is 9.26 Å². The number of rotatable bonds is 5. The highest BCUT2D eigenvalue weighted by Gasteiger charge is 2.20. The molecule has 3 rings (SSSR count). The molecule has 22 heavy (non-hydrogen) atoms. The van der Waals surface area contributed by atoms with Crippen LogP contribution in [0.2, 0.25) is 0 Å². The summed E-state index contributed by atoms with van der Waals surface area (Å²) in [4.78, 5) is 12.1. The summed E-state index contributed by atoms with van der Waals surface area (Å²) in [5.41, 5.74) is 1.56. The molecule has 0 spiro atoms. The number of hydrogen-bond acceptors (Lipinski definition) is 4. The number of amides is 1. The van der Waals surface area contributed by atoms with Crippen LogP contribution in [0.4, 0.5) is 0 Å². The van der Waals surface area contributed by atoms with Gasteiger partial charge < -0.3 is 14.6 Å². The van der Waals surface area contributed by atoms with E-state index in [0.29, 0.717) is 12.2 Å². The van der Waals surface area contributed by atoms with Crippen molar-refractivity contribution in [2.75, 3.05) is 6.54 Å². The molecule has 5 nitrogen and oxygen atoms in total. The molecule has 1 amide bonds. The number of aryl methyl sites for hydroxylation is 2. The molecule has 0 radical (unpaired) electrons. The Morgan fingerprint density at radius 1 is 1.41 bits per heavy atom. The first-order chi connectivity index (χ1) is 10.8. The fraction of sp³-hybridized carbons (Fsp3) is 0.412. The van der Waals surface area contributed by atoms with E-state index in [9.17, 15) is 4.79 Å². The van der Waals surface area contributed by atoms with E-state index in [1.165, 1.54) is 5.56 Å². The largest absolute Gasteiger partial charge is 0.488 e. The molecule has 116 valence electrons. The third-order valence-corrected chi connectivity index (χ3v) is 3.78. The van der Waals surface area contributed by atoms with E-state index in [1.54, 1.807) is 6.07 Å². The van der Waals surface area contributed by atoms with Crippen LogP contribution in [0.1, 0.15) is 41.6 Å². The minimum absolute atomic E-state index is 0.000799. The molecule has 0 saturated heterocycles. The van der Waals surface area contributed by atoms with Crippen molar-refractivity contribution in [1.82, 2.24) is 10.5 Å². The van der Waals surface area contributed by atoms with Crippen LogP contribution in [-0.4, -0.2) is 23.7 Å². The molecule has 5 heteroatoms. The van der Waals surface area contributed by atoms with Gasteiger partial charge in [0.15, 0.2) is 5.69 Å². The fourth-order valence-electron chi connectivity index (χ4n) is 2.61. The number of aromatic nitrogens is 1. The van der Waals surface area contributed by atoms with Crippen LogP contribution in [-0.2, 0) is 12.8 Å². The molecule has 2 aromatic rings. The Labute approximate surface area is 129 Å². The molecular formula is C17H20N2O3. The molecule has 1 N–H and O–H groups in total. The number of nitrogens with one attached hydrogen (secondary N) is 1. The lowest BCUT2D eigenvalue weighted by Gasteiger charge is -2.26. The summed E-state index contributed by atoms with van der Waals surface area (Å²) < 4.78 is 11.0. The van der Waals surface area contributed by atoms with E-state index in [-0.39, 0.29) is 12.0 Å². The van der Waals surface area contributed by atoms with Crippen molar-refractivity contribution in [3.05, 3.63) is 47.3 Å². The second-order valence-corrected chi connectivity index (χ2v) is 5.52. The molecule has 0 bridgehead atoms. The minimum Gasteiger partial charge on any atom is -0.488 e. The number of para-hydroxylation sites is 1. The van der Waals surface area contributed by atoms with Crippen LogP contribution in [0.5, 0.6) is 5.75 Å². The van der Waals surface area contributed by atoms with E-state index in [2.05, 4.69) is 23.5 Å². The van der Waals surface area contributed by atoms with Crippen molar-refractivity contribution in [3.63, 3.8) is 0 Å². The Kier molecular flexibility index (Phi) is 4.42. The van der Waals surface area contributed by atoms with Gasteiger partial charge in [0.1, 0.15) is 17.6 Å². The summed E-state index contributed by atoms with van der Waals surface area (Å²) in [5, 5.41) is 6.68. The summed E-state index contributed by atoms with van der Waals surface area (Å²) in [6, 6.07) is 9.73. The normalized spacial score (nSPS) is 16.7. The molecule has 1 atom stereocenters. The van der Waals surface area contributed by atoms with Gasteiger partial charge in [-0.2, -0.15) is 0 Å². The molecule has 1 aromatic heterocycles. The summed E-state index contributed by atoms with van der Waals surface area (Å²) in [6.45, 7) is 2.53. The number of carbonyl (C=O) groups excluding carboxylic acids is 1. The van der Waals surface area contributed by atoms with Crippen molar-refractivity contribution in [1.29, 1.82) is 0 Å². The van der Waals surface area contributed by atoms with Crippen molar-refractivity contribution in [3.8, 4) is 5.75 Å². The van der Waals surface area contributed by atoms with E-state index in [0.717, 1.165) is 37.2 Å². The standard InChI is InChI=1S/C17H20N2O3/c1-2-5-13-10-15(19-22-13)17(20)18-11-14-9-8-12-6-3-4-7-16(12)21-14/h3-4,6-7,10,14H,2,5,8-9,11H2,1H3,(H,18,20)/t14-/m1/s1. The minimum atomic E-state index is -0.214. The van der Waals surface area contributed by atoms with Crippen molar-refractivity contribution in [2.24, 2.45) is 0 Å². The van der Waals surface area contributed by atoms with E-state index in [1.807, 2.05) is 18.2 Å². The SMILES string of the molecule is CCCc1cc(C(=O)NC[C@H]2CCc3ccccc3O2)no1. The maximum Gasteiger partial charge on any atom is 0.273 e. The maximum absolute atomic E-state index is 12.1. The monoisotopic (exact) mass is 300 g/mol. The zero-order valence-electron chi connectivity index (χ0n) is 12.7. The highest BCUT2D eigenvalue weighted by atomic mass is 16.5. The highest BCUT2D eigenvalue weighted by molar-refractivity contribution is 5.92. The number of benzene rings is 1. The molecular weight excluding hydrogens is 280 g/mol. The van der Waals surface area contributed by atoms with E-state index >= 15 is 0 Å². The third-order valence-electron chi connectivity index (χ3n) is 3.78. The van der Waals surface area contributed by atoms with Crippen molar-refractivity contribution < 1.29 is 14.1 Å². The summed E-state index contributed by atoms with van der Waals surface area (Å²) >= 11 is 0. The number of nitrogens with zero attached hydrogens (tertiary/aromatic N) is 1. The summed E-state index contributed by atoms with van der Waals surface area (Å²) in [7, 11) is 0. The molecule has 0 unspecified atom stereocenters. The van der Waals surface area contributed by atoms with Crippen LogP contribution < -0.4 is 10.1 Å². The summed E-state index contributed by atoms with van der Waals surface area (Å²) in [5.74, 6) is 1.45. The molecule has 1 aliphatic rings. The lowest BCUT2D eigenvalue weighted by Crippen LogP contribution is -2.37. The topological polar surface area (TPSA) is 64.4 Å². The van der Waals surface area contributed by atoms with Crippen LogP contribution in [0, 0.1) is 0 Å². The van der Waals surface area contributed by atoms with Gasteiger partial charge in [0.05, 0.1) is 6.54 Å². The van der Waals surface area contributed by atoms with Gasteiger partial charge in [-0.05, 0) is 30.9 Å². The molecule has 0 aliphatic carbocycles. The van der Waals surface area contributed by atoms with Crippen LogP contribution >= 0.6 is 0 Å². The number of hydrogen-bond donors (Lipinski definition) is 1. The highest BCUT2D eigenvalue weighted by Crippen LogP contribution is 2.26. The lowest BCUT2D eigenvalue weighted by atomic mass is 10.0. The van der Waals surface area contributed by atoms with Gasteiger partial charge in [-0.1, -0.05) is 30.3 Å². The van der Waals surface area contributed by atoms with Gasteiger partial charge in [0.2, 0.25) is 0 Å². The Morgan fingerprint density at radius 3 is 3.14 bits per heavy atom. The Bertz CT molecular complexity index is 651. The van der Waals surface area contributed by atoms with Crippen LogP contribution in [0.15, 0.2) is 34.9 Å². The first-order valence-corrected chi connectivity index (χ1v) is 7.74. The van der Waals surface area contributed by atoms with Crippen molar-refractivity contribution >= 4 is 5.91 Å². The zero-order chi connectivity index (χ0) is 15.4. The lowest BCUT2D eigenvalue weighted by molar-refractivity contribution is 0.0909. The van der Waals surface area contributed by atoms with Gasteiger partial charge >= 0.3 is 0 Å². The van der Waals surface area contributed by atoms with E-state index < -0.39 is 0 Å². The second kappa shape index (κ2) is 6.64. The summed E-state index contributed by atoms with van der Waals surface area (Å²) in [6.07, 6.45) is 3.63. The molecule has 0 fully saturated rings. The van der Waals surface area contributed by atoms with Crippen molar-refractivity contribution in [2.45, 2.75) is 38.7 Å². The number of carbonyl (C=O) groups is 1. The fourth-order valence-corrected chi connectivity index (χ4v) is 2.61. The predicted molar refractivity (Wildman–Crippen MR) is 82.0 cm³/mol.